The second-order valence-corrected chi connectivity index (χ2v) is 6.55. The molecule has 0 radical (unpaired) electrons. The Labute approximate surface area is 122 Å². The molecule has 1 aromatic heterocycles. The van der Waals surface area contributed by atoms with Crippen LogP contribution in [-0.4, -0.2) is 28.2 Å². The van der Waals surface area contributed by atoms with E-state index in [-0.39, 0.29) is 5.82 Å². The lowest BCUT2D eigenvalue weighted by molar-refractivity contribution is 0.204. The number of hydrogen-bond acceptors (Lipinski definition) is 4. The van der Waals surface area contributed by atoms with Crippen molar-refractivity contribution in [1.82, 2.24) is 15.1 Å². The van der Waals surface area contributed by atoms with Crippen LogP contribution in [0.3, 0.4) is 0 Å². The lowest BCUT2D eigenvalue weighted by atomic mass is 9.97. The van der Waals surface area contributed by atoms with Crippen LogP contribution in [0, 0.1) is 12.7 Å². The Bertz CT molecular complexity index is 576. The monoisotopic (exact) mass is 291 g/mol. The Hall–Kier alpha value is -1.33. The molecule has 20 heavy (non-hydrogen) atoms. The molecular formula is C15H18FN3S. The molecule has 106 valence electrons. The van der Waals surface area contributed by atoms with Crippen LogP contribution in [0.25, 0.3) is 0 Å². The molecule has 0 amide bonds. The second kappa shape index (κ2) is 5.97. The van der Waals surface area contributed by atoms with Gasteiger partial charge in [-0.2, -0.15) is 0 Å². The van der Waals surface area contributed by atoms with E-state index in [9.17, 15) is 4.39 Å². The molecule has 2 heterocycles. The van der Waals surface area contributed by atoms with Crippen molar-refractivity contribution in [2.24, 2.45) is 0 Å². The van der Waals surface area contributed by atoms with Crippen molar-refractivity contribution in [2.75, 3.05) is 13.1 Å². The number of benzene rings is 1. The predicted octanol–water partition coefficient (Wildman–Crippen LogP) is 3.37. The standard InChI is InChI=1S/C15H18FN3S/c1-11-17-18-15(20-11)13-5-7-19(8-6-13)10-12-3-2-4-14(16)9-12/h2-4,9,13H,5-8,10H2,1H3. The van der Waals surface area contributed by atoms with E-state index >= 15 is 0 Å². The summed E-state index contributed by atoms with van der Waals surface area (Å²) < 4.78 is 13.2. The highest BCUT2D eigenvalue weighted by atomic mass is 32.1. The topological polar surface area (TPSA) is 29.0 Å². The van der Waals surface area contributed by atoms with Gasteiger partial charge in [-0.25, -0.2) is 4.39 Å². The zero-order valence-corrected chi connectivity index (χ0v) is 12.4. The van der Waals surface area contributed by atoms with Crippen LogP contribution >= 0.6 is 11.3 Å². The third-order valence-electron chi connectivity index (χ3n) is 3.77. The van der Waals surface area contributed by atoms with E-state index in [2.05, 4.69) is 15.1 Å². The molecule has 0 atom stereocenters. The third-order valence-corrected chi connectivity index (χ3v) is 4.77. The van der Waals surface area contributed by atoms with Gasteiger partial charge in [0.25, 0.3) is 0 Å². The fraction of sp³-hybridized carbons (Fsp3) is 0.467. The van der Waals surface area contributed by atoms with Crippen molar-refractivity contribution in [1.29, 1.82) is 0 Å². The number of halogens is 1. The van der Waals surface area contributed by atoms with Crippen molar-refractivity contribution >= 4 is 11.3 Å². The number of aryl methyl sites for hydroxylation is 1. The zero-order chi connectivity index (χ0) is 13.9. The van der Waals surface area contributed by atoms with Crippen molar-refractivity contribution in [3.8, 4) is 0 Å². The Kier molecular flexibility index (Phi) is 4.08. The van der Waals surface area contributed by atoms with Crippen LogP contribution in [-0.2, 0) is 6.54 Å². The van der Waals surface area contributed by atoms with Crippen molar-refractivity contribution in [3.05, 3.63) is 45.7 Å². The molecule has 1 saturated heterocycles. The maximum atomic E-state index is 13.2. The van der Waals surface area contributed by atoms with Gasteiger partial charge in [0, 0.05) is 12.5 Å². The number of aromatic nitrogens is 2. The lowest BCUT2D eigenvalue weighted by Crippen LogP contribution is -2.32. The van der Waals surface area contributed by atoms with Crippen LogP contribution in [0.4, 0.5) is 4.39 Å². The molecule has 5 heteroatoms. The zero-order valence-electron chi connectivity index (χ0n) is 11.6. The predicted molar refractivity (Wildman–Crippen MR) is 78.3 cm³/mol. The van der Waals surface area contributed by atoms with Gasteiger partial charge in [-0.05, 0) is 50.6 Å². The molecule has 1 aliphatic heterocycles. The van der Waals surface area contributed by atoms with Crippen molar-refractivity contribution in [3.63, 3.8) is 0 Å². The number of nitrogens with zero attached hydrogens (tertiary/aromatic N) is 3. The Morgan fingerprint density at radius 2 is 2.10 bits per heavy atom. The van der Waals surface area contributed by atoms with Crippen LogP contribution < -0.4 is 0 Å². The molecule has 1 aliphatic rings. The quantitative estimate of drug-likeness (QED) is 0.868. The van der Waals surface area contributed by atoms with E-state index in [0.29, 0.717) is 5.92 Å². The SMILES string of the molecule is Cc1nnc(C2CCN(Cc3cccc(F)c3)CC2)s1. The average molecular weight is 291 g/mol. The molecule has 1 fully saturated rings. The molecule has 0 saturated carbocycles. The van der Waals surface area contributed by atoms with Gasteiger partial charge in [0.05, 0.1) is 0 Å². The molecular weight excluding hydrogens is 273 g/mol. The van der Waals surface area contributed by atoms with Gasteiger partial charge in [-0.3, -0.25) is 4.90 Å². The molecule has 0 unspecified atom stereocenters. The highest BCUT2D eigenvalue weighted by molar-refractivity contribution is 7.11. The van der Waals surface area contributed by atoms with Gasteiger partial charge in [-0.1, -0.05) is 12.1 Å². The fourth-order valence-electron chi connectivity index (χ4n) is 2.71. The summed E-state index contributed by atoms with van der Waals surface area (Å²) in [5.74, 6) is 0.395. The minimum atomic E-state index is -0.151. The first kappa shape index (κ1) is 13.6. The van der Waals surface area contributed by atoms with Crippen molar-refractivity contribution in [2.45, 2.75) is 32.2 Å². The van der Waals surface area contributed by atoms with Gasteiger partial charge in [0.1, 0.15) is 15.8 Å². The van der Waals surface area contributed by atoms with Crippen LogP contribution in [0.2, 0.25) is 0 Å². The summed E-state index contributed by atoms with van der Waals surface area (Å²) in [7, 11) is 0. The summed E-state index contributed by atoms with van der Waals surface area (Å²) >= 11 is 1.71. The number of likely N-dealkylation sites (tertiary alicyclic amines) is 1. The first-order valence-electron chi connectivity index (χ1n) is 6.97. The van der Waals surface area contributed by atoms with Crippen molar-refractivity contribution < 1.29 is 4.39 Å². The first-order chi connectivity index (χ1) is 9.70. The maximum absolute atomic E-state index is 13.2. The molecule has 2 aromatic rings. The van der Waals surface area contributed by atoms with Gasteiger partial charge >= 0.3 is 0 Å². The normalized spacial score (nSPS) is 17.5. The van der Waals surface area contributed by atoms with E-state index in [1.165, 1.54) is 11.1 Å². The summed E-state index contributed by atoms with van der Waals surface area (Å²) in [6.07, 6.45) is 2.23. The summed E-state index contributed by atoms with van der Waals surface area (Å²) in [5.41, 5.74) is 1.05. The Morgan fingerprint density at radius 1 is 1.30 bits per heavy atom. The molecule has 1 aromatic carbocycles. The molecule has 0 spiro atoms. The second-order valence-electron chi connectivity index (χ2n) is 5.34. The third kappa shape index (κ3) is 3.22. The number of piperidine rings is 1. The number of hydrogen-bond donors (Lipinski definition) is 0. The highest BCUT2D eigenvalue weighted by Crippen LogP contribution is 2.30. The van der Waals surface area contributed by atoms with Gasteiger partial charge in [-0.15, -0.1) is 21.5 Å². The summed E-state index contributed by atoms with van der Waals surface area (Å²) in [6.45, 7) is 4.92. The smallest absolute Gasteiger partial charge is 0.123 e. The molecule has 0 aliphatic carbocycles. The molecule has 3 rings (SSSR count). The van der Waals surface area contributed by atoms with E-state index in [1.54, 1.807) is 23.5 Å². The Balaban J connectivity index is 1.56. The molecule has 0 bridgehead atoms. The summed E-state index contributed by atoms with van der Waals surface area (Å²) in [4.78, 5) is 2.39. The van der Waals surface area contributed by atoms with E-state index in [0.717, 1.165) is 43.0 Å². The van der Waals surface area contributed by atoms with Crippen LogP contribution in [0.1, 0.15) is 34.3 Å². The molecule has 3 nitrogen and oxygen atoms in total. The fourth-order valence-corrected chi connectivity index (χ4v) is 3.58. The summed E-state index contributed by atoms with van der Waals surface area (Å²) in [5, 5.41) is 10.6. The van der Waals surface area contributed by atoms with Gasteiger partial charge < -0.3 is 0 Å². The number of rotatable bonds is 3. The van der Waals surface area contributed by atoms with Gasteiger partial charge in [0.2, 0.25) is 0 Å². The minimum absolute atomic E-state index is 0.151. The average Bonchev–Trinajstić information content (AvgIpc) is 2.86. The summed E-state index contributed by atoms with van der Waals surface area (Å²) in [6, 6.07) is 6.89. The lowest BCUT2D eigenvalue weighted by Gasteiger charge is -2.30. The first-order valence-corrected chi connectivity index (χ1v) is 7.79. The highest BCUT2D eigenvalue weighted by Gasteiger charge is 2.23. The molecule has 0 N–H and O–H groups in total. The van der Waals surface area contributed by atoms with Crippen LogP contribution in [0.15, 0.2) is 24.3 Å². The van der Waals surface area contributed by atoms with E-state index < -0.39 is 0 Å². The maximum Gasteiger partial charge on any atom is 0.123 e. The largest absolute Gasteiger partial charge is 0.299 e. The minimum Gasteiger partial charge on any atom is -0.299 e. The van der Waals surface area contributed by atoms with Gasteiger partial charge in [0.15, 0.2) is 0 Å². The van der Waals surface area contributed by atoms with E-state index in [1.807, 2.05) is 13.0 Å². The van der Waals surface area contributed by atoms with Crippen LogP contribution in [0.5, 0.6) is 0 Å². The Morgan fingerprint density at radius 3 is 2.75 bits per heavy atom. The van der Waals surface area contributed by atoms with E-state index in [4.69, 9.17) is 0 Å².